The molecule has 280 valence electrons. The van der Waals surface area contributed by atoms with E-state index in [0.717, 1.165) is 34.1 Å². The van der Waals surface area contributed by atoms with Gasteiger partial charge in [0, 0.05) is 59.6 Å². The Morgan fingerprint density at radius 3 is 0.857 bits per heavy atom. The Kier molecular flexibility index (Phi) is 11.8. The van der Waals surface area contributed by atoms with Crippen LogP contribution in [-0.4, -0.2) is 26.0 Å². The second-order valence-electron chi connectivity index (χ2n) is 12.9. The predicted molar refractivity (Wildman–Crippen MR) is 228 cm³/mol. The average Bonchev–Trinajstić information content (AvgIpc) is 3.22. The molecule has 7 aromatic carbocycles. The number of nitrogens with zero attached hydrogens (tertiary/aromatic N) is 2. The lowest BCUT2D eigenvalue weighted by molar-refractivity contribution is 0.0719. The number of benzene rings is 7. The summed E-state index contributed by atoms with van der Waals surface area (Å²) in [6, 6.07) is 52.0. The highest BCUT2D eigenvalue weighted by atomic mass is 16.5. The summed E-state index contributed by atoms with van der Waals surface area (Å²) in [7, 11) is 4.12. The van der Waals surface area contributed by atoms with Gasteiger partial charge in [0.25, 0.3) is 0 Å². The monoisotopic (exact) mass is 742 g/mol. The molecule has 10 nitrogen and oxygen atoms in total. The molecule has 7 rings (SSSR count). The molecule has 8 N–H and O–H groups in total. The van der Waals surface area contributed by atoms with E-state index < -0.39 is 11.9 Å². The Morgan fingerprint density at radius 2 is 0.589 bits per heavy atom. The highest BCUT2D eigenvalue weighted by Gasteiger charge is 2.12. The van der Waals surface area contributed by atoms with Gasteiger partial charge in [-0.15, -0.1) is 0 Å². The Morgan fingerprint density at radius 1 is 0.357 bits per heavy atom. The van der Waals surface area contributed by atoms with Crippen molar-refractivity contribution in [2.45, 2.75) is 0 Å². The largest absolute Gasteiger partial charge is 0.423 e. The topological polar surface area (TPSA) is 163 Å². The molecule has 0 spiro atoms. The zero-order valence-corrected chi connectivity index (χ0v) is 31.0. The maximum Gasteiger partial charge on any atom is 0.343 e. The minimum Gasteiger partial charge on any atom is -0.423 e. The Balaban J connectivity index is 0.000000192. The number of ether oxygens (including phenoxy) is 2. The number of esters is 2. The van der Waals surface area contributed by atoms with E-state index >= 15 is 0 Å². The maximum atomic E-state index is 12.0. The molecule has 0 saturated carbocycles. The molecule has 0 aliphatic rings. The molecule has 0 unspecified atom stereocenters. The average molecular weight is 743 g/mol. The smallest absolute Gasteiger partial charge is 0.343 e. The van der Waals surface area contributed by atoms with E-state index in [4.69, 9.17) is 32.4 Å². The predicted octanol–water partition coefficient (Wildman–Crippen LogP) is 9.34. The van der Waals surface area contributed by atoms with E-state index in [1.165, 1.54) is 11.1 Å². The second-order valence-corrected chi connectivity index (χ2v) is 12.9. The zero-order chi connectivity index (χ0) is 39.6. The Bertz CT molecular complexity index is 2190. The molecule has 7 aromatic rings. The minimum absolute atomic E-state index is 0.333. The minimum atomic E-state index is -0.503. The summed E-state index contributed by atoms with van der Waals surface area (Å²) >= 11 is 0. The van der Waals surface area contributed by atoms with E-state index in [1.54, 1.807) is 72.8 Å². The normalized spacial score (nSPS) is 10.4. The first-order valence-electron chi connectivity index (χ1n) is 17.7. The Labute approximate surface area is 326 Å². The molecule has 56 heavy (non-hydrogen) atoms. The highest BCUT2D eigenvalue weighted by molar-refractivity contribution is 5.92. The molecule has 10 heteroatoms. The van der Waals surface area contributed by atoms with Gasteiger partial charge in [0.2, 0.25) is 0 Å². The fourth-order valence-corrected chi connectivity index (χ4v) is 5.60. The van der Waals surface area contributed by atoms with Crippen molar-refractivity contribution in [2.75, 3.05) is 46.8 Å². The molecule has 0 aliphatic heterocycles. The van der Waals surface area contributed by atoms with Crippen LogP contribution in [0.15, 0.2) is 170 Å². The van der Waals surface area contributed by atoms with E-state index in [1.807, 2.05) is 48.5 Å². The molecule has 0 fully saturated rings. The Hall–Kier alpha value is -7.72. The van der Waals surface area contributed by atoms with Crippen LogP contribution in [0.4, 0.5) is 45.5 Å². The van der Waals surface area contributed by atoms with Gasteiger partial charge in [-0.25, -0.2) is 9.59 Å². The lowest BCUT2D eigenvalue weighted by atomic mass is 10.0. The summed E-state index contributed by atoms with van der Waals surface area (Å²) in [5, 5.41) is 0. The fraction of sp³-hybridized carbons (Fsp3) is 0.0435. The van der Waals surface area contributed by atoms with Crippen LogP contribution < -0.4 is 42.2 Å². The van der Waals surface area contributed by atoms with Gasteiger partial charge in [0.1, 0.15) is 11.5 Å². The second kappa shape index (κ2) is 17.4. The molecular weight excluding hydrogens is 701 g/mol. The van der Waals surface area contributed by atoms with Gasteiger partial charge in [-0.2, -0.15) is 0 Å². The van der Waals surface area contributed by atoms with Crippen LogP contribution in [0, 0.1) is 0 Å². The fourth-order valence-electron chi connectivity index (χ4n) is 5.60. The molecule has 0 bridgehead atoms. The highest BCUT2D eigenvalue weighted by Crippen LogP contribution is 2.30. The van der Waals surface area contributed by atoms with Gasteiger partial charge < -0.3 is 42.2 Å². The molecule has 0 atom stereocenters. The maximum absolute atomic E-state index is 12.0. The van der Waals surface area contributed by atoms with E-state index in [-0.39, 0.29) is 0 Å². The SMILES string of the molecule is CN(c1ccc(N)cc1)c1ccc(-c2ccc(N(C)c3ccc(N)cc3)cc2)cc1.Nc1ccc(C(=O)Oc2ccc(OC(=O)c3ccc(N)cc3)cc2)cc1. The van der Waals surface area contributed by atoms with E-state index in [2.05, 4.69) is 72.4 Å². The van der Waals surface area contributed by atoms with Crippen LogP contribution in [0.5, 0.6) is 11.5 Å². The first-order valence-corrected chi connectivity index (χ1v) is 17.7. The first kappa shape index (κ1) is 38.0. The number of hydrogen-bond acceptors (Lipinski definition) is 10. The zero-order valence-electron chi connectivity index (χ0n) is 31.0. The van der Waals surface area contributed by atoms with Crippen molar-refractivity contribution in [1.29, 1.82) is 0 Å². The summed E-state index contributed by atoms with van der Waals surface area (Å²) in [5.74, 6) is -0.341. The summed E-state index contributed by atoms with van der Waals surface area (Å²) in [4.78, 5) is 28.4. The quantitative estimate of drug-likeness (QED) is 0.0637. The molecule has 0 radical (unpaired) electrons. The van der Waals surface area contributed by atoms with Crippen LogP contribution in [0.25, 0.3) is 11.1 Å². The number of carbonyl (C=O) groups excluding carboxylic acids is 2. The van der Waals surface area contributed by atoms with Gasteiger partial charge in [0.15, 0.2) is 0 Å². The standard InChI is InChI=1S/C26H26N4.C20H16N2O4/c1-29(25-15-7-21(27)8-16-25)23-11-3-19(4-12-23)20-5-13-24(14-6-20)30(2)26-17-9-22(28)10-18-26;21-15-5-1-13(2-6-15)19(23)25-17-9-11-18(12-10-17)26-20(24)14-3-7-16(22)8-4-14/h3-18H,27-28H2,1-2H3;1-12H,21-22H2. The van der Waals surface area contributed by atoms with E-state index in [9.17, 15) is 9.59 Å². The third kappa shape index (κ3) is 9.82. The number of anilines is 8. The van der Waals surface area contributed by atoms with Crippen molar-refractivity contribution in [3.8, 4) is 22.6 Å². The van der Waals surface area contributed by atoms with Crippen LogP contribution in [0.1, 0.15) is 20.7 Å². The molecule has 0 heterocycles. The van der Waals surface area contributed by atoms with Crippen molar-refractivity contribution >= 4 is 57.4 Å². The molecule has 0 aliphatic carbocycles. The van der Waals surface area contributed by atoms with Crippen molar-refractivity contribution in [2.24, 2.45) is 0 Å². The summed E-state index contributed by atoms with van der Waals surface area (Å²) < 4.78 is 10.5. The number of carbonyl (C=O) groups is 2. The van der Waals surface area contributed by atoms with Crippen molar-refractivity contribution < 1.29 is 19.1 Å². The van der Waals surface area contributed by atoms with Gasteiger partial charge in [-0.1, -0.05) is 24.3 Å². The van der Waals surface area contributed by atoms with Crippen LogP contribution in [0.3, 0.4) is 0 Å². The third-order valence-corrected chi connectivity index (χ3v) is 8.94. The van der Waals surface area contributed by atoms with Crippen molar-refractivity contribution in [1.82, 2.24) is 0 Å². The van der Waals surface area contributed by atoms with Gasteiger partial charge >= 0.3 is 11.9 Å². The van der Waals surface area contributed by atoms with Crippen molar-refractivity contribution in [3.05, 3.63) is 181 Å². The van der Waals surface area contributed by atoms with E-state index in [0.29, 0.717) is 34.0 Å². The number of nitrogen functional groups attached to an aromatic ring is 4. The number of nitrogens with two attached hydrogens (primary N) is 4. The molecule has 0 aromatic heterocycles. The van der Waals surface area contributed by atoms with Crippen LogP contribution in [-0.2, 0) is 0 Å². The van der Waals surface area contributed by atoms with Crippen molar-refractivity contribution in [3.63, 3.8) is 0 Å². The van der Waals surface area contributed by atoms with Crippen LogP contribution in [0.2, 0.25) is 0 Å². The molecular formula is C46H42N6O4. The molecule has 0 amide bonds. The summed E-state index contributed by atoms with van der Waals surface area (Å²) in [5.41, 5.74) is 33.0. The lowest BCUT2D eigenvalue weighted by Crippen LogP contribution is -2.09. The third-order valence-electron chi connectivity index (χ3n) is 8.94. The van der Waals surface area contributed by atoms with Gasteiger partial charge in [-0.05, 0) is 157 Å². The lowest BCUT2D eigenvalue weighted by Gasteiger charge is -2.21. The van der Waals surface area contributed by atoms with Crippen LogP contribution >= 0.6 is 0 Å². The summed E-state index contributed by atoms with van der Waals surface area (Å²) in [6.45, 7) is 0. The number of rotatable bonds is 9. The first-order chi connectivity index (χ1) is 27.0. The van der Waals surface area contributed by atoms with Gasteiger partial charge in [0.05, 0.1) is 11.1 Å². The van der Waals surface area contributed by atoms with Gasteiger partial charge in [-0.3, -0.25) is 0 Å². The summed E-state index contributed by atoms with van der Waals surface area (Å²) in [6.07, 6.45) is 0. The number of hydrogen-bond donors (Lipinski definition) is 4. The molecule has 0 saturated heterocycles.